The normalized spacial score (nSPS) is 10.6. The number of carboxylic acids is 1. The number of aromatic nitrogens is 4. The molecule has 156 valence electrons. The number of hydrogen-bond donors (Lipinski definition) is 2. The summed E-state index contributed by atoms with van der Waals surface area (Å²) in [4.78, 5) is 28.5. The second-order valence-electron chi connectivity index (χ2n) is 6.60. The van der Waals surface area contributed by atoms with Crippen LogP contribution in [-0.2, 0) is 6.42 Å². The van der Waals surface area contributed by atoms with Crippen LogP contribution in [0.1, 0.15) is 28.1 Å². The Hall–Kier alpha value is -3.85. The van der Waals surface area contributed by atoms with Crippen molar-refractivity contribution in [1.29, 1.82) is 0 Å². The van der Waals surface area contributed by atoms with E-state index in [-0.39, 0.29) is 5.69 Å². The van der Waals surface area contributed by atoms with Gasteiger partial charge in [0.15, 0.2) is 0 Å². The van der Waals surface area contributed by atoms with Crippen molar-refractivity contribution in [2.24, 2.45) is 0 Å². The highest BCUT2D eigenvalue weighted by Crippen LogP contribution is 2.38. The van der Waals surface area contributed by atoms with Crippen LogP contribution in [0.3, 0.4) is 0 Å². The molecule has 0 saturated carbocycles. The van der Waals surface area contributed by atoms with Gasteiger partial charge in [0.1, 0.15) is 23.0 Å². The highest BCUT2D eigenvalue weighted by Gasteiger charge is 2.16. The number of carboxylic acid groups (broad SMARTS) is 1. The van der Waals surface area contributed by atoms with E-state index < -0.39 is 5.97 Å². The van der Waals surface area contributed by atoms with Crippen molar-refractivity contribution in [3.63, 3.8) is 0 Å². The van der Waals surface area contributed by atoms with Gasteiger partial charge in [0, 0.05) is 29.8 Å². The summed E-state index contributed by atoms with van der Waals surface area (Å²) < 4.78 is 6.16. The van der Waals surface area contributed by atoms with E-state index in [1.807, 2.05) is 32.0 Å². The van der Waals surface area contributed by atoms with Crippen molar-refractivity contribution in [2.75, 3.05) is 5.32 Å². The molecule has 31 heavy (non-hydrogen) atoms. The third-order valence-electron chi connectivity index (χ3n) is 4.27. The van der Waals surface area contributed by atoms with Crippen molar-refractivity contribution >= 4 is 28.8 Å². The molecule has 2 N–H and O–H groups in total. The summed E-state index contributed by atoms with van der Waals surface area (Å²) in [7, 11) is 0. The first-order valence-corrected chi connectivity index (χ1v) is 10.4. The SMILES string of the molecule is CCc1nc(-c2cccc(C)n2)c(Oc2ccnc(Nc3ccnc(C(=O)O)c3)c2)s1. The predicted octanol–water partition coefficient (Wildman–Crippen LogP) is 5.10. The third-order valence-corrected chi connectivity index (χ3v) is 5.34. The standard InChI is InChI=1S/C22H19N5O3S/c1-3-19-27-20(16-6-4-5-13(2)25-16)22(31-19)30-15-8-10-24-18(12-15)26-14-7-9-23-17(11-14)21(28)29/h4-12H,3H2,1-2H3,(H,28,29)(H,23,24,26). The molecule has 0 aliphatic heterocycles. The quantitative estimate of drug-likeness (QED) is 0.414. The molecule has 0 aromatic carbocycles. The minimum absolute atomic E-state index is 0.0514. The van der Waals surface area contributed by atoms with Gasteiger partial charge in [-0.2, -0.15) is 0 Å². The molecular weight excluding hydrogens is 414 g/mol. The molecule has 0 amide bonds. The zero-order valence-corrected chi connectivity index (χ0v) is 17.7. The van der Waals surface area contributed by atoms with Gasteiger partial charge >= 0.3 is 5.97 Å². The topological polar surface area (TPSA) is 110 Å². The molecule has 4 aromatic heterocycles. The van der Waals surface area contributed by atoms with Crippen LogP contribution in [-0.4, -0.2) is 31.0 Å². The van der Waals surface area contributed by atoms with Gasteiger partial charge in [-0.3, -0.25) is 4.98 Å². The Morgan fingerprint density at radius 1 is 1.13 bits per heavy atom. The molecule has 8 nitrogen and oxygen atoms in total. The largest absolute Gasteiger partial charge is 0.477 e. The minimum Gasteiger partial charge on any atom is -0.477 e. The number of nitrogens with zero attached hydrogens (tertiary/aromatic N) is 4. The van der Waals surface area contributed by atoms with Gasteiger partial charge in [-0.05, 0) is 43.7 Å². The summed E-state index contributed by atoms with van der Waals surface area (Å²) in [5, 5.41) is 13.8. The number of aromatic carboxylic acids is 1. The van der Waals surface area contributed by atoms with Crippen molar-refractivity contribution in [1.82, 2.24) is 19.9 Å². The second kappa shape index (κ2) is 8.88. The maximum Gasteiger partial charge on any atom is 0.354 e. The third kappa shape index (κ3) is 4.84. The molecule has 9 heteroatoms. The van der Waals surface area contributed by atoms with E-state index in [2.05, 4.69) is 25.3 Å². The Bertz CT molecular complexity index is 1240. The molecule has 0 unspecified atom stereocenters. The molecule has 0 saturated heterocycles. The van der Waals surface area contributed by atoms with Crippen LogP contribution in [0, 0.1) is 6.92 Å². The number of thiazole rings is 1. The first-order valence-electron chi connectivity index (χ1n) is 9.56. The van der Waals surface area contributed by atoms with Gasteiger partial charge in [-0.1, -0.05) is 24.3 Å². The van der Waals surface area contributed by atoms with Gasteiger partial charge in [-0.25, -0.2) is 19.7 Å². The molecule has 4 rings (SSSR count). The Balaban J connectivity index is 1.60. The molecule has 0 fully saturated rings. The fourth-order valence-corrected chi connectivity index (χ4v) is 3.71. The molecular formula is C22H19N5O3S. The number of aryl methyl sites for hydroxylation is 2. The average molecular weight is 433 g/mol. The molecule has 0 aliphatic carbocycles. The number of hydrogen-bond acceptors (Lipinski definition) is 8. The highest BCUT2D eigenvalue weighted by molar-refractivity contribution is 7.14. The lowest BCUT2D eigenvalue weighted by atomic mass is 10.2. The van der Waals surface area contributed by atoms with Gasteiger partial charge in [0.05, 0.1) is 10.7 Å². The summed E-state index contributed by atoms with van der Waals surface area (Å²) in [6.45, 7) is 3.98. The number of anilines is 2. The van der Waals surface area contributed by atoms with Crippen LogP contribution >= 0.6 is 11.3 Å². The number of ether oxygens (including phenoxy) is 1. The van der Waals surface area contributed by atoms with Gasteiger partial charge < -0.3 is 15.2 Å². The molecule has 4 aromatic rings. The maximum absolute atomic E-state index is 11.1. The Labute approximate surface area is 182 Å². The number of carbonyl (C=O) groups is 1. The zero-order chi connectivity index (χ0) is 21.8. The summed E-state index contributed by atoms with van der Waals surface area (Å²) >= 11 is 1.48. The second-order valence-corrected chi connectivity index (χ2v) is 7.65. The lowest BCUT2D eigenvalue weighted by Crippen LogP contribution is -2.01. The lowest BCUT2D eigenvalue weighted by Gasteiger charge is -2.09. The van der Waals surface area contributed by atoms with E-state index in [0.29, 0.717) is 28.0 Å². The maximum atomic E-state index is 11.1. The van der Waals surface area contributed by atoms with Gasteiger partial charge in [0.25, 0.3) is 0 Å². The summed E-state index contributed by atoms with van der Waals surface area (Å²) in [6, 6.07) is 12.4. The molecule has 0 aliphatic rings. The molecule has 4 heterocycles. The number of nitrogens with one attached hydrogen (secondary N) is 1. The van der Waals surface area contributed by atoms with Crippen LogP contribution < -0.4 is 10.1 Å². The lowest BCUT2D eigenvalue weighted by molar-refractivity contribution is 0.0690. The van der Waals surface area contributed by atoms with Gasteiger partial charge in [-0.15, -0.1) is 0 Å². The van der Waals surface area contributed by atoms with E-state index in [0.717, 1.165) is 22.8 Å². The molecule has 0 radical (unpaired) electrons. The van der Waals surface area contributed by atoms with E-state index in [4.69, 9.17) is 9.84 Å². The van der Waals surface area contributed by atoms with Gasteiger partial charge in [0.2, 0.25) is 5.06 Å². The van der Waals surface area contributed by atoms with Crippen molar-refractivity contribution < 1.29 is 14.6 Å². The smallest absolute Gasteiger partial charge is 0.354 e. The van der Waals surface area contributed by atoms with Crippen LogP contribution in [0.25, 0.3) is 11.4 Å². The average Bonchev–Trinajstić information content (AvgIpc) is 3.17. The summed E-state index contributed by atoms with van der Waals surface area (Å²) in [5.41, 5.74) is 2.88. The highest BCUT2D eigenvalue weighted by atomic mass is 32.1. The van der Waals surface area contributed by atoms with E-state index >= 15 is 0 Å². The van der Waals surface area contributed by atoms with Crippen LogP contribution in [0.2, 0.25) is 0 Å². The first kappa shape index (κ1) is 20.4. The monoisotopic (exact) mass is 433 g/mol. The van der Waals surface area contributed by atoms with Crippen LogP contribution in [0.4, 0.5) is 11.5 Å². The van der Waals surface area contributed by atoms with Crippen LogP contribution in [0.5, 0.6) is 10.8 Å². The Morgan fingerprint density at radius 3 is 2.74 bits per heavy atom. The van der Waals surface area contributed by atoms with E-state index in [1.54, 1.807) is 24.4 Å². The Kier molecular flexibility index (Phi) is 5.85. The first-order chi connectivity index (χ1) is 15.0. The van der Waals surface area contributed by atoms with Crippen molar-refractivity contribution in [2.45, 2.75) is 20.3 Å². The fraction of sp³-hybridized carbons (Fsp3) is 0.136. The van der Waals surface area contributed by atoms with E-state index in [1.165, 1.54) is 23.6 Å². The zero-order valence-electron chi connectivity index (χ0n) is 16.9. The Morgan fingerprint density at radius 2 is 1.97 bits per heavy atom. The summed E-state index contributed by atoms with van der Waals surface area (Å²) in [5.74, 6) is -0.0105. The van der Waals surface area contributed by atoms with Crippen molar-refractivity contribution in [3.8, 4) is 22.2 Å². The molecule has 0 atom stereocenters. The molecule has 0 bridgehead atoms. The number of rotatable bonds is 7. The summed E-state index contributed by atoms with van der Waals surface area (Å²) in [6.07, 6.45) is 3.84. The fourth-order valence-electron chi connectivity index (χ4n) is 2.83. The predicted molar refractivity (Wildman–Crippen MR) is 118 cm³/mol. The van der Waals surface area contributed by atoms with Crippen LogP contribution in [0.15, 0.2) is 54.9 Å². The van der Waals surface area contributed by atoms with E-state index in [9.17, 15) is 4.79 Å². The molecule has 0 spiro atoms. The number of pyridine rings is 3. The van der Waals surface area contributed by atoms with Crippen molar-refractivity contribution in [3.05, 3.63) is 71.3 Å². The minimum atomic E-state index is -1.09.